The van der Waals surface area contributed by atoms with E-state index in [1.165, 1.54) is 0 Å². The third-order valence-electron chi connectivity index (χ3n) is 3.63. The largest absolute Gasteiger partial charge is 0.460 e. The molecule has 1 unspecified atom stereocenters. The van der Waals surface area contributed by atoms with Crippen molar-refractivity contribution >= 4 is 0 Å². The van der Waals surface area contributed by atoms with E-state index in [1.54, 1.807) is 0 Å². The van der Waals surface area contributed by atoms with Crippen molar-refractivity contribution in [2.24, 2.45) is 5.11 Å². The molecule has 150 valence electrons. The van der Waals surface area contributed by atoms with Gasteiger partial charge in [0, 0.05) is 11.3 Å². The van der Waals surface area contributed by atoms with Crippen LogP contribution in [0.5, 0.6) is 11.5 Å². The summed E-state index contributed by atoms with van der Waals surface area (Å²) in [5.41, 5.74) is 8.05. The lowest BCUT2D eigenvalue weighted by atomic mass is 9.94. The summed E-state index contributed by atoms with van der Waals surface area (Å²) >= 11 is 0. The summed E-state index contributed by atoms with van der Waals surface area (Å²) < 4.78 is 127. The maximum absolute atomic E-state index is 13.8. The van der Waals surface area contributed by atoms with Crippen LogP contribution < -0.4 is 9.47 Å². The van der Waals surface area contributed by atoms with E-state index < -0.39 is 36.4 Å². The van der Waals surface area contributed by atoms with Crippen LogP contribution in [0.4, 0.5) is 39.5 Å². The summed E-state index contributed by atoms with van der Waals surface area (Å²) in [5.74, 6) is -19.6. The number of halogens is 9. The lowest BCUT2D eigenvalue weighted by molar-refractivity contribution is -0.397. The molecule has 27 heavy (non-hydrogen) atoms. The van der Waals surface area contributed by atoms with Gasteiger partial charge < -0.3 is 9.47 Å². The van der Waals surface area contributed by atoms with E-state index in [1.807, 2.05) is 0 Å². The molecule has 0 saturated heterocycles. The first kappa shape index (κ1) is 20.8. The Morgan fingerprint density at radius 3 is 2.11 bits per heavy atom. The molecule has 1 aliphatic rings. The number of nitrogens with zero attached hydrogens (tertiary/aromatic N) is 3. The Bertz CT molecular complexity index is 760. The Kier molecular flexibility index (Phi) is 5.08. The van der Waals surface area contributed by atoms with Crippen LogP contribution in [-0.4, -0.2) is 30.7 Å². The predicted octanol–water partition coefficient (Wildman–Crippen LogP) is 5.63. The third kappa shape index (κ3) is 3.53. The second-order valence-corrected chi connectivity index (χ2v) is 5.39. The maximum Gasteiger partial charge on any atom is 0.460 e. The second-order valence-electron chi connectivity index (χ2n) is 5.39. The molecule has 0 bridgehead atoms. The number of ether oxygens (including phenoxy) is 2. The van der Waals surface area contributed by atoms with E-state index in [0.717, 1.165) is 18.2 Å². The zero-order valence-corrected chi connectivity index (χ0v) is 12.8. The summed E-state index contributed by atoms with van der Waals surface area (Å²) in [6.45, 7) is -0.253. The van der Waals surface area contributed by atoms with Crippen LogP contribution in [0.1, 0.15) is 18.0 Å². The van der Waals surface area contributed by atoms with Gasteiger partial charge in [0.1, 0.15) is 0 Å². The summed E-state index contributed by atoms with van der Waals surface area (Å²) in [6, 6.07) is 0.897. The van der Waals surface area contributed by atoms with Crippen molar-refractivity contribution in [3.05, 3.63) is 34.2 Å². The van der Waals surface area contributed by atoms with Crippen LogP contribution in [0, 0.1) is 0 Å². The van der Waals surface area contributed by atoms with Gasteiger partial charge in [0.25, 0.3) is 0 Å². The molecule has 1 atom stereocenters. The molecule has 0 fully saturated rings. The molecular formula is C13H8F9N3O2. The van der Waals surface area contributed by atoms with Crippen LogP contribution in [0.25, 0.3) is 10.4 Å². The van der Waals surface area contributed by atoms with E-state index >= 15 is 0 Å². The fourth-order valence-corrected chi connectivity index (χ4v) is 2.19. The first-order valence-corrected chi connectivity index (χ1v) is 6.88. The minimum Gasteiger partial charge on any atom is -0.454 e. The minimum atomic E-state index is -7.01. The molecule has 1 heterocycles. The Morgan fingerprint density at radius 1 is 0.963 bits per heavy atom. The van der Waals surface area contributed by atoms with E-state index in [9.17, 15) is 39.5 Å². The Morgan fingerprint density at radius 2 is 1.56 bits per heavy atom. The normalized spacial score (nSPS) is 16.0. The molecule has 0 radical (unpaired) electrons. The fraction of sp³-hybridized carbons (Fsp3) is 0.538. The zero-order valence-electron chi connectivity index (χ0n) is 12.8. The number of fused-ring (bicyclic) bond motifs is 1. The quantitative estimate of drug-likeness (QED) is 0.265. The SMILES string of the molecule is [N-]=[N+]=NC(CC(F)(F)C(F)(F)C(F)(F)C(F)(F)F)c1ccc2c(c1)OCO2. The molecule has 0 aromatic heterocycles. The molecule has 0 amide bonds. The topological polar surface area (TPSA) is 67.2 Å². The van der Waals surface area contributed by atoms with Crippen molar-refractivity contribution in [1.29, 1.82) is 0 Å². The highest BCUT2D eigenvalue weighted by Gasteiger charge is 2.81. The summed E-state index contributed by atoms with van der Waals surface area (Å²) in [4.78, 5) is 2.15. The van der Waals surface area contributed by atoms with Gasteiger partial charge in [0.15, 0.2) is 11.5 Å². The van der Waals surface area contributed by atoms with Gasteiger partial charge in [-0.2, -0.15) is 39.5 Å². The Labute approximate surface area is 144 Å². The van der Waals surface area contributed by atoms with Crippen LogP contribution in [-0.2, 0) is 0 Å². The molecule has 1 aromatic carbocycles. The van der Waals surface area contributed by atoms with Gasteiger partial charge in [-0.3, -0.25) is 0 Å². The molecule has 14 heteroatoms. The van der Waals surface area contributed by atoms with Gasteiger partial charge in [-0.1, -0.05) is 11.2 Å². The van der Waals surface area contributed by atoms with Crippen LogP contribution >= 0.6 is 0 Å². The molecule has 1 aromatic rings. The van der Waals surface area contributed by atoms with Gasteiger partial charge in [0.2, 0.25) is 6.79 Å². The highest BCUT2D eigenvalue weighted by atomic mass is 19.4. The number of rotatable bonds is 6. The maximum atomic E-state index is 13.8. The van der Waals surface area contributed by atoms with Gasteiger partial charge in [-0.25, -0.2) is 0 Å². The van der Waals surface area contributed by atoms with E-state index in [0.29, 0.717) is 0 Å². The van der Waals surface area contributed by atoms with Gasteiger partial charge in [-0.05, 0) is 23.2 Å². The number of hydrogen-bond acceptors (Lipinski definition) is 3. The fourth-order valence-electron chi connectivity index (χ4n) is 2.19. The first-order valence-electron chi connectivity index (χ1n) is 6.88. The van der Waals surface area contributed by atoms with Crippen molar-refractivity contribution < 1.29 is 49.0 Å². The average molecular weight is 409 g/mol. The molecule has 0 N–H and O–H groups in total. The minimum absolute atomic E-state index is 0.0404. The first-order chi connectivity index (χ1) is 12.2. The summed E-state index contributed by atoms with van der Waals surface area (Å²) in [6.07, 6.45) is -9.23. The Hall–Kier alpha value is -2.50. The molecule has 1 aliphatic heterocycles. The highest BCUT2D eigenvalue weighted by Crippen LogP contribution is 2.55. The van der Waals surface area contributed by atoms with Crippen LogP contribution in [0.2, 0.25) is 0 Å². The second kappa shape index (κ2) is 6.59. The molecule has 5 nitrogen and oxygen atoms in total. The predicted molar refractivity (Wildman–Crippen MR) is 70.0 cm³/mol. The monoisotopic (exact) mass is 409 g/mol. The zero-order chi connectivity index (χ0) is 20.7. The lowest BCUT2D eigenvalue weighted by Crippen LogP contribution is -2.61. The number of hydrogen-bond donors (Lipinski definition) is 0. The van der Waals surface area contributed by atoms with Gasteiger partial charge >= 0.3 is 23.9 Å². The van der Waals surface area contributed by atoms with E-state index in [-0.39, 0.29) is 23.9 Å². The molecule has 0 saturated carbocycles. The molecule has 0 aliphatic carbocycles. The van der Waals surface area contributed by atoms with E-state index in [4.69, 9.17) is 15.0 Å². The smallest absolute Gasteiger partial charge is 0.454 e. The molecule has 0 spiro atoms. The Balaban J connectivity index is 2.38. The van der Waals surface area contributed by atoms with Crippen molar-refractivity contribution in [2.45, 2.75) is 36.4 Å². The van der Waals surface area contributed by atoms with Crippen LogP contribution in [0.3, 0.4) is 0 Å². The van der Waals surface area contributed by atoms with Crippen LogP contribution in [0.15, 0.2) is 23.3 Å². The van der Waals surface area contributed by atoms with Crippen molar-refractivity contribution in [1.82, 2.24) is 0 Å². The summed E-state index contributed by atoms with van der Waals surface area (Å²) in [7, 11) is 0. The lowest BCUT2D eigenvalue weighted by Gasteiger charge is -2.34. The standard InChI is InChI=1S/C13H8F9N3O2/c14-10(15,11(16,17)12(18,19)13(20,21)22)4-7(24-25-23)6-1-2-8-9(3-6)27-5-26-8/h1-3,7H,4-5H2. The van der Waals surface area contributed by atoms with Crippen molar-refractivity contribution in [3.63, 3.8) is 0 Å². The molecular weight excluding hydrogens is 401 g/mol. The van der Waals surface area contributed by atoms with Gasteiger partial charge in [-0.15, -0.1) is 0 Å². The molecule has 2 rings (SSSR count). The van der Waals surface area contributed by atoms with Gasteiger partial charge in [0.05, 0.1) is 6.04 Å². The van der Waals surface area contributed by atoms with Crippen molar-refractivity contribution in [3.8, 4) is 11.5 Å². The van der Waals surface area contributed by atoms with E-state index in [2.05, 4.69) is 10.0 Å². The number of alkyl halides is 9. The average Bonchev–Trinajstić information content (AvgIpc) is 3.00. The number of azide groups is 1. The highest BCUT2D eigenvalue weighted by molar-refractivity contribution is 5.45. The van der Waals surface area contributed by atoms with Crippen molar-refractivity contribution in [2.75, 3.05) is 6.79 Å². The third-order valence-corrected chi connectivity index (χ3v) is 3.63. The number of benzene rings is 1. The summed E-state index contributed by atoms with van der Waals surface area (Å²) in [5, 5.41) is 2.81.